The van der Waals surface area contributed by atoms with Crippen molar-refractivity contribution in [2.75, 3.05) is 0 Å². The van der Waals surface area contributed by atoms with E-state index in [-0.39, 0.29) is 0 Å². The zero-order valence-electron chi connectivity index (χ0n) is 12.1. The summed E-state index contributed by atoms with van der Waals surface area (Å²) in [4.78, 5) is 0. The van der Waals surface area contributed by atoms with Gasteiger partial charge in [0.05, 0.1) is 0 Å². The molecular weight excluding hydrogens is 252 g/mol. The summed E-state index contributed by atoms with van der Waals surface area (Å²) in [5, 5.41) is 0. The maximum atomic E-state index is 3.39. The maximum absolute atomic E-state index is 3.39. The molecule has 0 N–H and O–H groups in total. The number of rotatable bonds is 1. The highest BCUT2D eigenvalue weighted by atomic mass is 14.2. The zero-order chi connectivity index (χ0) is 14.3. The van der Waals surface area contributed by atoms with Gasteiger partial charge in [0.2, 0.25) is 0 Å². The summed E-state index contributed by atoms with van der Waals surface area (Å²) in [6, 6.07) is 20.9. The third-order valence-electron chi connectivity index (χ3n) is 3.88. The molecule has 1 fully saturated rings. The third-order valence-corrected chi connectivity index (χ3v) is 3.88. The van der Waals surface area contributed by atoms with E-state index in [1.165, 1.54) is 5.56 Å². The summed E-state index contributed by atoms with van der Waals surface area (Å²) in [7, 11) is 0. The van der Waals surface area contributed by atoms with E-state index < -0.39 is 0 Å². The van der Waals surface area contributed by atoms with Crippen LogP contribution < -0.4 is 0 Å². The van der Waals surface area contributed by atoms with Crippen molar-refractivity contribution in [2.45, 2.75) is 18.8 Å². The van der Waals surface area contributed by atoms with Crippen LogP contribution in [-0.4, -0.2) is 0 Å². The van der Waals surface area contributed by atoms with Gasteiger partial charge in [-0.05, 0) is 55.7 Å². The lowest BCUT2D eigenvalue weighted by Gasteiger charge is -2.13. The van der Waals surface area contributed by atoms with Crippen LogP contribution in [0.1, 0.15) is 29.9 Å². The van der Waals surface area contributed by atoms with Crippen LogP contribution in [0.4, 0.5) is 0 Å². The summed E-state index contributed by atoms with van der Waals surface area (Å²) < 4.78 is 0. The Labute approximate surface area is 128 Å². The van der Waals surface area contributed by atoms with Gasteiger partial charge in [-0.15, -0.1) is 0 Å². The number of hydrogen-bond acceptors (Lipinski definition) is 0. The monoisotopic (exact) mass is 271 g/mol. The Morgan fingerprint density at radius 2 is 1.48 bits per heavy atom. The van der Waals surface area contributed by atoms with E-state index in [0.717, 1.165) is 18.4 Å². The molecule has 21 heavy (non-hydrogen) atoms. The molecule has 0 aliphatic heterocycles. The Bertz CT molecular complexity index is 601. The molecule has 2 atom stereocenters. The topological polar surface area (TPSA) is 0 Å². The van der Waals surface area contributed by atoms with Gasteiger partial charge in [0.15, 0.2) is 0 Å². The van der Waals surface area contributed by atoms with Gasteiger partial charge in [-0.1, -0.05) is 60.4 Å². The molecule has 0 spiro atoms. The fourth-order valence-corrected chi connectivity index (χ4v) is 2.68. The van der Waals surface area contributed by atoms with E-state index in [1.54, 1.807) is 0 Å². The fraction of sp³-hybridized carbons (Fsp3) is 0.190. The number of hydrogen-bond donors (Lipinski definition) is 0. The van der Waals surface area contributed by atoms with Crippen molar-refractivity contribution in [1.82, 2.24) is 0 Å². The lowest BCUT2D eigenvalue weighted by atomic mass is 9.91. The van der Waals surface area contributed by atoms with E-state index in [4.69, 9.17) is 0 Å². The normalized spacial score (nSPS) is 21.9. The summed E-state index contributed by atoms with van der Waals surface area (Å²) in [5.74, 6) is 7.55. The molecule has 0 amide bonds. The van der Waals surface area contributed by atoms with Gasteiger partial charge in [0, 0.05) is 11.5 Å². The summed E-state index contributed by atoms with van der Waals surface area (Å²) in [6.45, 7) is 0. The molecule has 0 aromatic heterocycles. The van der Waals surface area contributed by atoms with Gasteiger partial charge in [0.25, 0.3) is 0 Å². The van der Waals surface area contributed by atoms with Crippen molar-refractivity contribution < 1.29 is 0 Å². The second-order valence-electron chi connectivity index (χ2n) is 5.41. The quantitative estimate of drug-likeness (QED) is 0.514. The lowest BCUT2D eigenvalue weighted by molar-refractivity contribution is 0.621. The van der Waals surface area contributed by atoms with Crippen molar-refractivity contribution in [3.05, 3.63) is 91.1 Å². The van der Waals surface area contributed by atoms with Crippen LogP contribution in [0.15, 0.2) is 60.7 Å². The molecule has 3 radical (unpaired) electrons. The molecule has 1 aliphatic carbocycles. The fourth-order valence-electron chi connectivity index (χ4n) is 2.68. The SMILES string of the molecule is C(#CC1[CH][CH][CH]C(c2ccccc2)CC1)c1ccccc1. The molecule has 103 valence electrons. The van der Waals surface area contributed by atoms with Crippen LogP contribution >= 0.6 is 0 Å². The van der Waals surface area contributed by atoms with Crippen LogP contribution in [0.5, 0.6) is 0 Å². The van der Waals surface area contributed by atoms with Crippen molar-refractivity contribution in [3.63, 3.8) is 0 Å². The van der Waals surface area contributed by atoms with Crippen LogP contribution in [-0.2, 0) is 0 Å². The van der Waals surface area contributed by atoms with Crippen molar-refractivity contribution in [3.8, 4) is 11.8 Å². The standard InChI is InChI=1S/C21H19/c1-3-8-18(9-4-1)14-15-19-10-7-13-21(17-16-19)20-11-5-2-6-12-20/h1-13,19,21H,16-17H2. The van der Waals surface area contributed by atoms with Gasteiger partial charge in [-0.2, -0.15) is 0 Å². The summed E-state index contributed by atoms with van der Waals surface area (Å²) in [5.41, 5.74) is 2.50. The summed E-state index contributed by atoms with van der Waals surface area (Å²) >= 11 is 0. The van der Waals surface area contributed by atoms with E-state index in [9.17, 15) is 0 Å². The highest BCUT2D eigenvalue weighted by molar-refractivity contribution is 5.35. The molecular formula is C21H19. The van der Waals surface area contributed by atoms with E-state index in [1.807, 2.05) is 18.2 Å². The number of benzene rings is 2. The molecule has 0 heteroatoms. The molecule has 1 saturated carbocycles. The molecule has 2 aromatic carbocycles. The van der Waals surface area contributed by atoms with Gasteiger partial charge < -0.3 is 0 Å². The van der Waals surface area contributed by atoms with Gasteiger partial charge in [-0.25, -0.2) is 0 Å². The molecule has 1 aliphatic rings. The maximum Gasteiger partial charge on any atom is 0.0245 e. The van der Waals surface area contributed by atoms with E-state index in [0.29, 0.717) is 11.8 Å². The van der Waals surface area contributed by atoms with E-state index >= 15 is 0 Å². The molecule has 2 aromatic rings. The summed E-state index contributed by atoms with van der Waals surface area (Å²) in [6.07, 6.45) is 9.00. The zero-order valence-corrected chi connectivity index (χ0v) is 12.1. The second kappa shape index (κ2) is 7.14. The highest BCUT2D eigenvalue weighted by Gasteiger charge is 2.19. The van der Waals surface area contributed by atoms with Crippen molar-refractivity contribution in [1.29, 1.82) is 0 Å². The van der Waals surface area contributed by atoms with Crippen LogP contribution in [0.2, 0.25) is 0 Å². The third kappa shape index (κ3) is 3.99. The minimum atomic E-state index is 0.357. The average molecular weight is 271 g/mol. The Morgan fingerprint density at radius 1 is 0.762 bits per heavy atom. The molecule has 0 heterocycles. The van der Waals surface area contributed by atoms with Crippen LogP contribution in [0, 0.1) is 37.0 Å². The Morgan fingerprint density at radius 3 is 2.24 bits per heavy atom. The Hall–Kier alpha value is -2.00. The van der Waals surface area contributed by atoms with Gasteiger partial charge >= 0.3 is 0 Å². The Balaban J connectivity index is 1.63. The van der Waals surface area contributed by atoms with Crippen molar-refractivity contribution >= 4 is 0 Å². The largest absolute Gasteiger partial charge is 0.0942 e. The molecule has 0 nitrogen and oxygen atoms in total. The Kier molecular flexibility index (Phi) is 4.74. The molecule has 3 rings (SSSR count). The van der Waals surface area contributed by atoms with Crippen LogP contribution in [0.25, 0.3) is 0 Å². The van der Waals surface area contributed by atoms with Crippen molar-refractivity contribution in [2.24, 2.45) is 5.92 Å². The average Bonchev–Trinajstić information content (AvgIpc) is 2.80. The second-order valence-corrected chi connectivity index (χ2v) is 5.41. The minimum Gasteiger partial charge on any atom is -0.0942 e. The minimum absolute atomic E-state index is 0.357. The lowest BCUT2D eigenvalue weighted by Crippen LogP contribution is -1.98. The van der Waals surface area contributed by atoms with Gasteiger partial charge in [-0.3, -0.25) is 0 Å². The molecule has 0 bridgehead atoms. The first kappa shape index (κ1) is 14.0. The highest BCUT2D eigenvalue weighted by Crippen LogP contribution is 2.32. The van der Waals surface area contributed by atoms with Gasteiger partial charge in [0.1, 0.15) is 0 Å². The predicted octanol–water partition coefficient (Wildman–Crippen LogP) is 4.84. The molecule has 0 saturated heterocycles. The first-order chi connectivity index (χ1) is 10.4. The first-order valence-electron chi connectivity index (χ1n) is 7.55. The van der Waals surface area contributed by atoms with Crippen LogP contribution in [0.3, 0.4) is 0 Å². The van der Waals surface area contributed by atoms with E-state index in [2.05, 4.69) is 73.6 Å². The predicted molar refractivity (Wildman–Crippen MR) is 88.1 cm³/mol. The smallest absolute Gasteiger partial charge is 0.0245 e. The molecule has 2 unspecified atom stereocenters. The first-order valence-corrected chi connectivity index (χ1v) is 7.55.